The molecule has 0 aliphatic heterocycles. The fourth-order valence-corrected chi connectivity index (χ4v) is 1.27. The van der Waals surface area contributed by atoms with Crippen molar-refractivity contribution in [1.82, 2.24) is 9.71 Å². The van der Waals surface area contributed by atoms with Gasteiger partial charge >= 0.3 is 0 Å². The number of aryl methyl sites for hydroxylation is 1. The summed E-state index contributed by atoms with van der Waals surface area (Å²) in [6, 6.07) is 1.84. The van der Waals surface area contributed by atoms with Crippen LogP contribution >= 0.6 is 0 Å². The lowest BCUT2D eigenvalue weighted by Crippen LogP contribution is -2.30. The van der Waals surface area contributed by atoms with E-state index in [0.29, 0.717) is 0 Å². The Hall–Kier alpha value is -0.980. The summed E-state index contributed by atoms with van der Waals surface area (Å²) in [5.41, 5.74) is 1.77. The summed E-state index contributed by atoms with van der Waals surface area (Å²) in [7, 11) is -3.61. The van der Waals surface area contributed by atoms with Gasteiger partial charge in [0.1, 0.15) is 0 Å². The molecule has 1 aromatic heterocycles. The molecule has 0 aliphatic rings. The number of hydrogen-bond acceptors (Lipinski definition) is 3. The van der Waals surface area contributed by atoms with E-state index in [2.05, 4.69) is 9.71 Å². The van der Waals surface area contributed by atoms with Crippen molar-refractivity contribution in [2.75, 3.05) is 0 Å². The summed E-state index contributed by atoms with van der Waals surface area (Å²) in [5.74, 6) is 0. The van der Waals surface area contributed by atoms with Gasteiger partial charge in [-0.1, -0.05) is 6.07 Å². The molecule has 13 heavy (non-hydrogen) atoms. The number of hydrogen-bond donors (Lipinski definition) is 2. The topological polar surface area (TPSA) is 85.1 Å². The summed E-state index contributed by atoms with van der Waals surface area (Å²) in [6.45, 7) is 2.06. The first-order chi connectivity index (χ1) is 5.97. The van der Waals surface area contributed by atoms with Crippen LogP contribution in [0.2, 0.25) is 0 Å². The minimum Gasteiger partial charge on any atom is -0.264 e. The number of pyridine rings is 1. The van der Waals surface area contributed by atoms with Crippen molar-refractivity contribution in [3.63, 3.8) is 0 Å². The third kappa shape index (κ3) is 3.97. The van der Waals surface area contributed by atoms with Gasteiger partial charge in [-0.25, -0.2) is 5.14 Å². The zero-order valence-corrected chi connectivity index (χ0v) is 8.00. The second-order valence-corrected chi connectivity index (χ2v) is 4.12. The molecule has 0 amide bonds. The van der Waals surface area contributed by atoms with Gasteiger partial charge in [0.2, 0.25) is 0 Å². The molecule has 0 unspecified atom stereocenters. The SMILES string of the molecule is Cc1cncc(CNS(N)(=O)=O)c1. The molecule has 1 rings (SSSR count). The molecule has 0 fully saturated rings. The van der Waals surface area contributed by atoms with Crippen LogP contribution < -0.4 is 9.86 Å². The highest BCUT2D eigenvalue weighted by atomic mass is 32.2. The van der Waals surface area contributed by atoms with Crippen molar-refractivity contribution in [3.05, 3.63) is 29.6 Å². The van der Waals surface area contributed by atoms with Crippen molar-refractivity contribution in [2.24, 2.45) is 5.14 Å². The van der Waals surface area contributed by atoms with E-state index in [0.717, 1.165) is 11.1 Å². The molecule has 0 radical (unpaired) electrons. The van der Waals surface area contributed by atoms with Crippen LogP contribution in [0.5, 0.6) is 0 Å². The maximum Gasteiger partial charge on any atom is 0.274 e. The Bertz CT molecular complexity index is 388. The van der Waals surface area contributed by atoms with E-state index < -0.39 is 10.2 Å². The highest BCUT2D eigenvalue weighted by Crippen LogP contribution is 2.00. The number of nitrogens with zero attached hydrogens (tertiary/aromatic N) is 1. The molecule has 0 saturated heterocycles. The van der Waals surface area contributed by atoms with Gasteiger partial charge in [-0.3, -0.25) is 4.98 Å². The first-order valence-corrected chi connectivity index (χ1v) is 5.20. The van der Waals surface area contributed by atoms with E-state index in [1.54, 1.807) is 12.4 Å². The van der Waals surface area contributed by atoms with Gasteiger partial charge in [0.25, 0.3) is 10.2 Å². The predicted molar refractivity (Wildman–Crippen MR) is 48.9 cm³/mol. The van der Waals surface area contributed by atoms with Crippen LogP contribution in [0.1, 0.15) is 11.1 Å². The Morgan fingerprint density at radius 3 is 2.77 bits per heavy atom. The smallest absolute Gasteiger partial charge is 0.264 e. The first-order valence-electron chi connectivity index (χ1n) is 3.65. The third-order valence-corrected chi connectivity index (χ3v) is 1.96. The van der Waals surface area contributed by atoms with Crippen LogP contribution in [0.25, 0.3) is 0 Å². The van der Waals surface area contributed by atoms with Crippen LogP contribution in [-0.4, -0.2) is 13.4 Å². The second kappa shape index (κ2) is 3.82. The average Bonchev–Trinajstić information content (AvgIpc) is 2.00. The van der Waals surface area contributed by atoms with Crippen LogP contribution in [0.3, 0.4) is 0 Å². The lowest BCUT2D eigenvalue weighted by Gasteiger charge is -2.01. The quantitative estimate of drug-likeness (QED) is 0.703. The lowest BCUT2D eigenvalue weighted by atomic mass is 10.2. The third-order valence-electron chi connectivity index (χ3n) is 1.41. The van der Waals surface area contributed by atoms with Gasteiger partial charge < -0.3 is 0 Å². The summed E-state index contributed by atoms with van der Waals surface area (Å²) in [5, 5.41) is 4.76. The maximum atomic E-state index is 10.5. The molecule has 72 valence electrons. The van der Waals surface area contributed by atoms with E-state index in [1.165, 1.54) is 0 Å². The van der Waals surface area contributed by atoms with Gasteiger partial charge in [-0.2, -0.15) is 13.1 Å². The van der Waals surface area contributed by atoms with E-state index in [-0.39, 0.29) is 6.54 Å². The lowest BCUT2D eigenvalue weighted by molar-refractivity contribution is 0.583. The van der Waals surface area contributed by atoms with Crippen molar-refractivity contribution < 1.29 is 8.42 Å². The summed E-state index contributed by atoms with van der Waals surface area (Å²) >= 11 is 0. The first kappa shape index (κ1) is 10.1. The van der Waals surface area contributed by atoms with E-state index in [9.17, 15) is 8.42 Å². The zero-order chi connectivity index (χ0) is 9.90. The molecule has 1 aromatic rings. The van der Waals surface area contributed by atoms with Crippen molar-refractivity contribution in [2.45, 2.75) is 13.5 Å². The number of rotatable bonds is 3. The van der Waals surface area contributed by atoms with E-state index in [4.69, 9.17) is 5.14 Å². The van der Waals surface area contributed by atoms with Gasteiger partial charge in [0.05, 0.1) is 0 Å². The highest BCUT2D eigenvalue weighted by Gasteiger charge is 2.00. The number of nitrogens with two attached hydrogens (primary N) is 1. The Morgan fingerprint density at radius 2 is 2.23 bits per heavy atom. The van der Waals surface area contributed by atoms with Crippen molar-refractivity contribution in [3.8, 4) is 0 Å². The number of nitrogens with one attached hydrogen (secondary N) is 1. The minimum atomic E-state index is -3.61. The molecular weight excluding hydrogens is 190 g/mol. The molecule has 0 saturated carbocycles. The molecule has 0 bridgehead atoms. The van der Waals surface area contributed by atoms with Crippen molar-refractivity contribution in [1.29, 1.82) is 0 Å². The van der Waals surface area contributed by atoms with Crippen LogP contribution in [0, 0.1) is 6.92 Å². The second-order valence-electron chi connectivity index (χ2n) is 2.74. The van der Waals surface area contributed by atoms with Crippen molar-refractivity contribution >= 4 is 10.2 Å². The minimum absolute atomic E-state index is 0.174. The van der Waals surface area contributed by atoms with Gasteiger partial charge in [-0.15, -0.1) is 0 Å². The Kier molecular flexibility index (Phi) is 2.97. The average molecular weight is 201 g/mol. The molecule has 5 nitrogen and oxygen atoms in total. The Balaban J connectivity index is 2.65. The molecule has 0 aliphatic carbocycles. The Labute approximate surface area is 77.2 Å². The molecule has 3 N–H and O–H groups in total. The molecular formula is C7H11N3O2S. The van der Waals surface area contributed by atoms with Crippen LogP contribution in [0.4, 0.5) is 0 Å². The standard InChI is InChI=1S/C7H11N3O2S/c1-6-2-7(4-9-3-6)5-10-13(8,11)12/h2-4,10H,5H2,1H3,(H2,8,11,12). The fourth-order valence-electron chi connectivity index (χ4n) is 0.898. The normalized spacial score (nSPS) is 11.5. The predicted octanol–water partition coefficient (Wildman–Crippen LogP) is -0.317. The zero-order valence-electron chi connectivity index (χ0n) is 7.19. The van der Waals surface area contributed by atoms with Crippen LogP contribution in [-0.2, 0) is 16.8 Å². The molecule has 0 aromatic carbocycles. The fraction of sp³-hybridized carbons (Fsp3) is 0.286. The molecule has 0 spiro atoms. The van der Waals surface area contributed by atoms with Gasteiger partial charge in [0, 0.05) is 18.9 Å². The summed E-state index contributed by atoms with van der Waals surface area (Å²) in [4.78, 5) is 3.91. The van der Waals surface area contributed by atoms with E-state index >= 15 is 0 Å². The molecule has 0 atom stereocenters. The molecule has 6 heteroatoms. The van der Waals surface area contributed by atoms with Gasteiger partial charge in [0.15, 0.2) is 0 Å². The maximum absolute atomic E-state index is 10.5. The van der Waals surface area contributed by atoms with Crippen LogP contribution in [0.15, 0.2) is 18.5 Å². The molecule has 1 heterocycles. The largest absolute Gasteiger partial charge is 0.274 e. The highest BCUT2D eigenvalue weighted by molar-refractivity contribution is 7.87. The van der Waals surface area contributed by atoms with Gasteiger partial charge in [-0.05, 0) is 18.1 Å². The Morgan fingerprint density at radius 1 is 1.54 bits per heavy atom. The number of aromatic nitrogens is 1. The monoisotopic (exact) mass is 201 g/mol. The van der Waals surface area contributed by atoms with E-state index in [1.807, 2.05) is 13.0 Å². The summed E-state index contributed by atoms with van der Waals surface area (Å²) < 4.78 is 23.2. The summed E-state index contributed by atoms with van der Waals surface area (Å²) in [6.07, 6.45) is 3.28.